The SMILES string of the molecule is CC1=NC(C)C(C)=C2CC(NS(=O)(=O)c3ccn(C)n3)CN12. The summed E-state index contributed by atoms with van der Waals surface area (Å²) in [4.78, 5) is 6.70. The summed E-state index contributed by atoms with van der Waals surface area (Å²) in [6.07, 6.45) is 2.31. The number of fused-ring (bicyclic) bond motifs is 1. The Morgan fingerprint density at radius 1 is 1.36 bits per heavy atom. The summed E-state index contributed by atoms with van der Waals surface area (Å²) in [5.41, 5.74) is 2.40. The highest BCUT2D eigenvalue weighted by molar-refractivity contribution is 7.89. The van der Waals surface area contributed by atoms with Crippen LogP contribution in [0.25, 0.3) is 0 Å². The van der Waals surface area contributed by atoms with E-state index >= 15 is 0 Å². The molecular formula is C14H21N5O2S. The van der Waals surface area contributed by atoms with Crippen molar-refractivity contribution in [2.75, 3.05) is 6.54 Å². The molecule has 120 valence electrons. The Morgan fingerprint density at radius 3 is 2.73 bits per heavy atom. The Balaban J connectivity index is 1.80. The molecule has 2 unspecified atom stereocenters. The zero-order valence-corrected chi connectivity index (χ0v) is 14.1. The molecule has 7 nitrogen and oxygen atoms in total. The van der Waals surface area contributed by atoms with E-state index in [4.69, 9.17) is 0 Å². The van der Waals surface area contributed by atoms with E-state index in [0.29, 0.717) is 13.0 Å². The molecular weight excluding hydrogens is 302 g/mol. The highest BCUT2D eigenvalue weighted by Crippen LogP contribution is 2.31. The molecule has 0 amide bonds. The Labute approximate surface area is 130 Å². The lowest BCUT2D eigenvalue weighted by molar-refractivity contribution is 0.507. The smallest absolute Gasteiger partial charge is 0.260 e. The molecule has 3 rings (SSSR count). The van der Waals surface area contributed by atoms with Crippen LogP contribution in [0.3, 0.4) is 0 Å². The minimum absolute atomic E-state index is 0.0596. The van der Waals surface area contributed by atoms with Crippen molar-refractivity contribution in [3.63, 3.8) is 0 Å². The molecule has 1 aromatic heterocycles. The summed E-state index contributed by atoms with van der Waals surface area (Å²) >= 11 is 0. The van der Waals surface area contributed by atoms with Gasteiger partial charge in [0, 0.05) is 37.9 Å². The fourth-order valence-electron chi connectivity index (χ4n) is 3.02. The standard InChI is InChI=1S/C14H21N5O2S/c1-9-10(2)15-11(3)19-8-12(7-13(9)19)17-22(20,21)14-5-6-18(4)16-14/h5-6,10,12,17H,7-8H2,1-4H3. The number of aryl methyl sites for hydroxylation is 1. The van der Waals surface area contributed by atoms with Crippen molar-refractivity contribution in [1.82, 2.24) is 19.4 Å². The molecule has 0 aliphatic carbocycles. The van der Waals surface area contributed by atoms with E-state index < -0.39 is 10.0 Å². The molecule has 1 fully saturated rings. The van der Waals surface area contributed by atoms with Gasteiger partial charge >= 0.3 is 0 Å². The van der Waals surface area contributed by atoms with Gasteiger partial charge in [-0.1, -0.05) is 0 Å². The quantitative estimate of drug-likeness (QED) is 0.895. The van der Waals surface area contributed by atoms with Gasteiger partial charge in [-0.3, -0.25) is 9.67 Å². The molecule has 2 aliphatic rings. The Hall–Kier alpha value is -1.67. The monoisotopic (exact) mass is 323 g/mol. The highest BCUT2D eigenvalue weighted by Gasteiger charge is 2.35. The van der Waals surface area contributed by atoms with Crippen molar-refractivity contribution in [3.05, 3.63) is 23.5 Å². The molecule has 1 N–H and O–H groups in total. The van der Waals surface area contributed by atoms with Gasteiger partial charge in [-0.05, 0) is 32.4 Å². The molecule has 0 saturated carbocycles. The third-order valence-corrected chi connectivity index (χ3v) is 5.72. The van der Waals surface area contributed by atoms with Crippen molar-refractivity contribution in [2.24, 2.45) is 12.0 Å². The molecule has 0 spiro atoms. The van der Waals surface area contributed by atoms with E-state index in [1.54, 1.807) is 13.2 Å². The van der Waals surface area contributed by atoms with Crippen LogP contribution in [-0.4, -0.2) is 47.6 Å². The van der Waals surface area contributed by atoms with Crippen LogP contribution in [0.4, 0.5) is 0 Å². The van der Waals surface area contributed by atoms with Crippen molar-refractivity contribution in [2.45, 2.75) is 44.3 Å². The molecule has 1 aromatic rings. The predicted molar refractivity (Wildman–Crippen MR) is 83.9 cm³/mol. The zero-order chi connectivity index (χ0) is 16.1. The number of nitrogens with zero attached hydrogens (tertiary/aromatic N) is 4. The normalized spacial score (nSPS) is 25.5. The number of hydrogen-bond acceptors (Lipinski definition) is 5. The summed E-state index contributed by atoms with van der Waals surface area (Å²) < 4.78 is 29.0. The molecule has 3 heterocycles. The average molecular weight is 323 g/mol. The maximum absolute atomic E-state index is 12.4. The third kappa shape index (κ3) is 2.56. The van der Waals surface area contributed by atoms with E-state index in [1.807, 2.05) is 6.92 Å². The largest absolute Gasteiger partial charge is 0.332 e. The second-order valence-corrected chi connectivity index (χ2v) is 7.60. The number of hydrogen-bond donors (Lipinski definition) is 1. The van der Waals surface area contributed by atoms with Gasteiger partial charge in [0.15, 0.2) is 5.03 Å². The number of aromatic nitrogens is 2. The number of sulfonamides is 1. The van der Waals surface area contributed by atoms with E-state index in [-0.39, 0.29) is 17.1 Å². The van der Waals surface area contributed by atoms with E-state index in [2.05, 4.69) is 33.6 Å². The van der Waals surface area contributed by atoms with Gasteiger partial charge in [-0.25, -0.2) is 13.1 Å². The van der Waals surface area contributed by atoms with Gasteiger partial charge in [0.25, 0.3) is 10.0 Å². The van der Waals surface area contributed by atoms with Crippen molar-refractivity contribution in [3.8, 4) is 0 Å². The van der Waals surface area contributed by atoms with E-state index in [9.17, 15) is 8.42 Å². The van der Waals surface area contributed by atoms with Crippen molar-refractivity contribution >= 4 is 15.9 Å². The Kier molecular flexibility index (Phi) is 3.60. The molecule has 1 saturated heterocycles. The Bertz CT molecular complexity index is 762. The third-order valence-electron chi connectivity index (χ3n) is 4.31. The highest BCUT2D eigenvalue weighted by atomic mass is 32.2. The van der Waals surface area contributed by atoms with Gasteiger partial charge in [0.2, 0.25) is 0 Å². The second-order valence-electron chi connectivity index (χ2n) is 5.94. The number of amidine groups is 1. The summed E-state index contributed by atoms with van der Waals surface area (Å²) in [7, 11) is -1.89. The summed E-state index contributed by atoms with van der Waals surface area (Å²) in [5, 5.41) is 4.03. The lowest BCUT2D eigenvalue weighted by Gasteiger charge is -2.28. The first kappa shape index (κ1) is 15.2. The van der Waals surface area contributed by atoms with Crippen molar-refractivity contribution in [1.29, 1.82) is 0 Å². The van der Waals surface area contributed by atoms with Crippen LogP contribution in [0.2, 0.25) is 0 Å². The van der Waals surface area contributed by atoms with Crippen LogP contribution < -0.4 is 4.72 Å². The van der Waals surface area contributed by atoms with Gasteiger partial charge in [0.05, 0.1) is 6.04 Å². The van der Waals surface area contributed by atoms with Crippen LogP contribution in [0.5, 0.6) is 0 Å². The van der Waals surface area contributed by atoms with Gasteiger partial charge in [0.1, 0.15) is 5.84 Å². The second kappa shape index (κ2) is 5.20. The first-order chi connectivity index (χ1) is 10.3. The molecule has 0 aromatic carbocycles. The molecule has 22 heavy (non-hydrogen) atoms. The van der Waals surface area contributed by atoms with Crippen LogP contribution in [0.15, 0.2) is 33.6 Å². The van der Waals surface area contributed by atoms with Gasteiger partial charge < -0.3 is 4.90 Å². The van der Waals surface area contributed by atoms with Crippen LogP contribution in [0.1, 0.15) is 27.2 Å². The fourth-order valence-corrected chi connectivity index (χ4v) is 4.22. The maximum atomic E-state index is 12.4. The molecule has 0 radical (unpaired) electrons. The Morgan fingerprint density at radius 2 is 2.09 bits per heavy atom. The topological polar surface area (TPSA) is 79.6 Å². The molecule has 0 bridgehead atoms. The average Bonchev–Trinajstić information content (AvgIpc) is 3.03. The lowest BCUT2D eigenvalue weighted by atomic mass is 10.0. The number of rotatable bonds is 3. The van der Waals surface area contributed by atoms with Gasteiger partial charge in [-0.15, -0.1) is 0 Å². The minimum Gasteiger partial charge on any atom is -0.332 e. The molecule has 2 atom stereocenters. The number of nitrogens with one attached hydrogen (secondary N) is 1. The lowest BCUT2D eigenvalue weighted by Crippen LogP contribution is -2.38. The van der Waals surface area contributed by atoms with E-state index in [1.165, 1.54) is 22.0 Å². The summed E-state index contributed by atoms with van der Waals surface area (Å²) in [6, 6.07) is 1.51. The van der Waals surface area contributed by atoms with Crippen LogP contribution in [-0.2, 0) is 17.1 Å². The first-order valence-corrected chi connectivity index (χ1v) is 8.80. The number of aliphatic imine (C=N–C) groups is 1. The van der Waals surface area contributed by atoms with Gasteiger partial charge in [-0.2, -0.15) is 5.10 Å². The minimum atomic E-state index is -3.59. The van der Waals surface area contributed by atoms with Crippen LogP contribution >= 0.6 is 0 Å². The summed E-state index contributed by atoms with van der Waals surface area (Å²) in [5.74, 6) is 0.952. The predicted octanol–water partition coefficient (Wildman–Crippen LogP) is 0.867. The van der Waals surface area contributed by atoms with E-state index in [0.717, 1.165) is 5.84 Å². The maximum Gasteiger partial charge on any atom is 0.260 e. The summed E-state index contributed by atoms with van der Waals surface area (Å²) in [6.45, 7) is 6.71. The molecule has 2 aliphatic heterocycles. The zero-order valence-electron chi connectivity index (χ0n) is 13.2. The van der Waals surface area contributed by atoms with Crippen LogP contribution in [0, 0.1) is 0 Å². The van der Waals surface area contributed by atoms with Crippen molar-refractivity contribution < 1.29 is 8.42 Å². The first-order valence-electron chi connectivity index (χ1n) is 7.31. The fraction of sp³-hybridized carbons (Fsp3) is 0.571. The molecule has 8 heteroatoms.